The predicted molar refractivity (Wildman–Crippen MR) is 96.8 cm³/mol. The minimum atomic E-state index is -0.162. The molecule has 0 atom stereocenters. The Morgan fingerprint density at radius 3 is 2.44 bits per heavy atom. The SMILES string of the molecule is Cc1nc2ccc(C(=O)N3CCC(NC(=O)CCl)CC3)cc2nc1C. The molecule has 0 aliphatic carbocycles. The second-order valence-electron chi connectivity index (χ2n) is 6.37. The third-order valence-corrected chi connectivity index (χ3v) is 4.83. The standard InChI is InChI=1S/C18H21ClN4O2/c1-11-12(2)21-16-9-13(3-4-15(16)20-11)18(25)23-7-5-14(6-8-23)22-17(24)10-19/h3-4,9,14H,5-8,10H2,1-2H3,(H,22,24). The van der Waals surface area contributed by atoms with E-state index in [0.29, 0.717) is 18.7 Å². The molecule has 25 heavy (non-hydrogen) atoms. The number of aryl methyl sites for hydroxylation is 2. The average Bonchev–Trinajstić information content (AvgIpc) is 2.62. The Kier molecular flexibility index (Phi) is 5.18. The van der Waals surface area contributed by atoms with Crippen molar-refractivity contribution in [1.29, 1.82) is 0 Å². The lowest BCUT2D eigenvalue weighted by Gasteiger charge is -2.32. The van der Waals surface area contributed by atoms with E-state index < -0.39 is 0 Å². The Morgan fingerprint density at radius 1 is 1.16 bits per heavy atom. The van der Waals surface area contributed by atoms with Crippen molar-refractivity contribution in [2.75, 3.05) is 19.0 Å². The number of likely N-dealkylation sites (tertiary alicyclic amines) is 1. The van der Waals surface area contributed by atoms with E-state index in [-0.39, 0.29) is 23.7 Å². The van der Waals surface area contributed by atoms with Crippen LogP contribution in [0.2, 0.25) is 0 Å². The third-order valence-electron chi connectivity index (χ3n) is 4.59. The largest absolute Gasteiger partial charge is 0.352 e. The van der Waals surface area contributed by atoms with Crippen molar-refractivity contribution in [2.45, 2.75) is 32.7 Å². The molecule has 0 spiro atoms. The van der Waals surface area contributed by atoms with Crippen LogP contribution in [0, 0.1) is 13.8 Å². The highest BCUT2D eigenvalue weighted by molar-refractivity contribution is 6.27. The van der Waals surface area contributed by atoms with Gasteiger partial charge in [-0.05, 0) is 44.9 Å². The van der Waals surface area contributed by atoms with E-state index >= 15 is 0 Å². The molecule has 1 aromatic carbocycles. The van der Waals surface area contributed by atoms with Crippen molar-refractivity contribution < 1.29 is 9.59 Å². The second kappa shape index (κ2) is 7.35. The van der Waals surface area contributed by atoms with Gasteiger partial charge in [0.05, 0.1) is 22.4 Å². The average molecular weight is 361 g/mol. The molecule has 0 bridgehead atoms. The molecule has 6 nitrogen and oxygen atoms in total. The van der Waals surface area contributed by atoms with Gasteiger partial charge >= 0.3 is 0 Å². The molecule has 1 aromatic heterocycles. The maximum absolute atomic E-state index is 12.7. The summed E-state index contributed by atoms with van der Waals surface area (Å²) in [5.74, 6) is -0.204. The number of amides is 2. The first kappa shape index (κ1) is 17.6. The molecular weight excluding hydrogens is 340 g/mol. The fourth-order valence-electron chi connectivity index (χ4n) is 3.04. The highest BCUT2D eigenvalue weighted by atomic mass is 35.5. The summed E-state index contributed by atoms with van der Waals surface area (Å²) >= 11 is 5.51. The van der Waals surface area contributed by atoms with Gasteiger partial charge in [-0.2, -0.15) is 0 Å². The number of nitrogens with zero attached hydrogens (tertiary/aromatic N) is 3. The fourth-order valence-corrected chi connectivity index (χ4v) is 3.12. The lowest BCUT2D eigenvalue weighted by molar-refractivity contribution is -0.119. The fraction of sp³-hybridized carbons (Fsp3) is 0.444. The summed E-state index contributed by atoms with van der Waals surface area (Å²) in [5, 5.41) is 2.88. The summed E-state index contributed by atoms with van der Waals surface area (Å²) in [5.41, 5.74) is 3.91. The number of rotatable bonds is 3. The first-order valence-corrected chi connectivity index (χ1v) is 8.91. The third kappa shape index (κ3) is 3.90. The number of alkyl halides is 1. The molecule has 132 valence electrons. The monoisotopic (exact) mass is 360 g/mol. The van der Waals surface area contributed by atoms with Gasteiger partial charge in [-0.3, -0.25) is 9.59 Å². The highest BCUT2D eigenvalue weighted by Gasteiger charge is 2.24. The van der Waals surface area contributed by atoms with Gasteiger partial charge in [-0.15, -0.1) is 11.6 Å². The van der Waals surface area contributed by atoms with E-state index in [0.717, 1.165) is 35.3 Å². The molecule has 1 N–H and O–H groups in total. The quantitative estimate of drug-likeness (QED) is 0.851. The molecule has 0 saturated carbocycles. The van der Waals surface area contributed by atoms with Crippen LogP contribution in [0.5, 0.6) is 0 Å². The number of carbonyl (C=O) groups excluding carboxylic acids is 2. The van der Waals surface area contributed by atoms with E-state index in [1.54, 1.807) is 12.1 Å². The molecule has 1 saturated heterocycles. The molecule has 7 heteroatoms. The summed E-state index contributed by atoms with van der Waals surface area (Å²) in [6.45, 7) is 5.07. The summed E-state index contributed by atoms with van der Waals surface area (Å²) in [7, 11) is 0. The van der Waals surface area contributed by atoms with Gasteiger partial charge in [0.15, 0.2) is 0 Å². The van der Waals surface area contributed by atoms with E-state index in [2.05, 4.69) is 15.3 Å². The van der Waals surface area contributed by atoms with Gasteiger partial charge in [0.1, 0.15) is 5.88 Å². The maximum Gasteiger partial charge on any atom is 0.253 e. The zero-order valence-corrected chi connectivity index (χ0v) is 15.1. The Hall–Kier alpha value is -2.21. The first-order chi connectivity index (χ1) is 12.0. The maximum atomic E-state index is 12.7. The Labute approximate surface area is 151 Å². The lowest BCUT2D eigenvalue weighted by Crippen LogP contribution is -2.46. The molecule has 1 aliphatic rings. The predicted octanol–water partition coefficient (Wildman–Crippen LogP) is 2.21. The normalized spacial score (nSPS) is 15.4. The van der Waals surface area contributed by atoms with Gasteiger partial charge in [-0.25, -0.2) is 9.97 Å². The molecule has 0 radical (unpaired) electrons. The van der Waals surface area contributed by atoms with Crippen LogP contribution in [0.25, 0.3) is 11.0 Å². The van der Waals surface area contributed by atoms with Crippen LogP contribution < -0.4 is 5.32 Å². The van der Waals surface area contributed by atoms with Crippen LogP contribution in [0.1, 0.15) is 34.6 Å². The molecule has 2 aromatic rings. The van der Waals surface area contributed by atoms with Gasteiger partial charge in [0.25, 0.3) is 5.91 Å². The van der Waals surface area contributed by atoms with Crippen LogP contribution in [0.3, 0.4) is 0 Å². The minimum absolute atomic E-state index is 0.0101. The molecule has 0 unspecified atom stereocenters. The van der Waals surface area contributed by atoms with Gasteiger partial charge in [0, 0.05) is 24.7 Å². The highest BCUT2D eigenvalue weighted by Crippen LogP contribution is 2.18. The van der Waals surface area contributed by atoms with Crippen molar-refractivity contribution in [3.05, 3.63) is 35.2 Å². The molecule has 3 rings (SSSR count). The number of benzene rings is 1. The number of carbonyl (C=O) groups is 2. The van der Waals surface area contributed by atoms with E-state index in [1.165, 1.54) is 0 Å². The number of fused-ring (bicyclic) bond motifs is 1. The van der Waals surface area contributed by atoms with Crippen molar-refractivity contribution >= 4 is 34.4 Å². The van der Waals surface area contributed by atoms with Crippen molar-refractivity contribution in [1.82, 2.24) is 20.2 Å². The zero-order chi connectivity index (χ0) is 18.0. The number of halogens is 1. The van der Waals surface area contributed by atoms with Crippen molar-refractivity contribution in [2.24, 2.45) is 0 Å². The minimum Gasteiger partial charge on any atom is -0.352 e. The van der Waals surface area contributed by atoms with E-state index in [1.807, 2.05) is 24.8 Å². The molecule has 1 fully saturated rings. The first-order valence-electron chi connectivity index (χ1n) is 8.37. The number of aromatic nitrogens is 2. The topological polar surface area (TPSA) is 75.2 Å². The Balaban J connectivity index is 1.70. The van der Waals surface area contributed by atoms with Crippen LogP contribution in [0.15, 0.2) is 18.2 Å². The Morgan fingerprint density at radius 2 is 1.80 bits per heavy atom. The van der Waals surface area contributed by atoms with Gasteiger partial charge in [0.2, 0.25) is 5.91 Å². The lowest BCUT2D eigenvalue weighted by atomic mass is 10.0. The van der Waals surface area contributed by atoms with E-state index in [9.17, 15) is 9.59 Å². The van der Waals surface area contributed by atoms with Gasteiger partial charge in [-0.1, -0.05) is 0 Å². The van der Waals surface area contributed by atoms with Crippen LogP contribution >= 0.6 is 11.6 Å². The van der Waals surface area contributed by atoms with Crippen LogP contribution in [-0.4, -0.2) is 51.7 Å². The molecule has 2 heterocycles. The second-order valence-corrected chi connectivity index (χ2v) is 6.63. The smallest absolute Gasteiger partial charge is 0.253 e. The molecule has 2 amide bonds. The summed E-state index contributed by atoms with van der Waals surface area (Å²) in [4.78, 5) is 34.9. The van der Waals surface area contributed by atoms with E-state index in [4.69, 9.17) is 11.6 Å². The number of hydrogen-bond acceptors (Lipinski definition) is 4. The number of nitrogens with one attached hydrogen (secondary N) is 1. The molecular formula is C18H21ClN4O2. The summed E-state index contributed by atoms with van der Waals surface area (Å²) in [6.07, 6.45) is 1.47. The van der Waals surface area contributed by atoms with Gasteiger partial charge < -0.3 is 10.2 Å². The number of hydrogen-bond donors (Lipinski definition) is 1. The molecule has 1 aliphatic heterocycles. The zero-order valence-electron chi connectivity index (χ0n) is 14.4. The van der Waals surface area contributed by atoms with Crippen LogP contribution in [-0.2, 0) is 4.79 Å². The number of piperidine rings is 1. The van der Waals surface area contributed by atoms with Crippen molar-refractivity contribution in [3.8, 4) is 0 Å². The Bertz CT molecular complexity index is 816. The summed E-state index contributed by atoms with van der Waals surface area (Å²) in [6, 6.07) is 5.53. The van der Waals surface area contributed by atoms with Crippen LogP contribution in [0.4, 0.5) is 0 Å². The summed E-state index contributed by atoms with van der Waals surface area (Å²) < 4.78 is 0. The van der Waals surface area contributed by atoms with Crippen molar-refractivity contribution in [3.63, 3.8) is 0 Å².